The first-order valence-electron chi connectivity index (χ1n) is 11.6. The van der Waals surface area contributed by atoms with Crippen molar-refractivity contribution in [2.75, 3.05) is 27.2 Å². The van der Waals surface area contributed by atoms with Crippen LogP contribution < -0.4 is 4.74 Å². The van der Waals surface area contributed by atoms with Crippen molar-refractivity contribution in [2.24, 2.45) is 0 Å². The molecule has 1 aromatic carbocycles. The van der Waals surface area contributed by atoms with Crippen LogP contribution in [0.3, 0.4) is 0 Å². The molecular weight excluding hydrogens is 344 g/mol. The summed E-state index contributed by atoms with van der Waals surface area (Å²) in [7, 11) is 4.24. The van der Waals surface area contributed by atoms with Crippen LogP contribution in [0.1, 0.15) is 83.1 Å². The number of rotatable bonds is 16. The lowest BCUT2D eigenvalue weighted by Crippen LogP contribution is -2.14. The summed E-state index contributed by atoms with van der Waals surface area (Å²) in [4.78, 5) is 5.66. The molecule has 3 nitrogen and oxygen atoms in total. The Labute approximate surface area is 172 Å². The lowest BCUT2D eigenvalue weighted by atomic mass is 10.1. The number of nitrogens with zero attached hydrogens (tertiary/aromatic N) is 1. The molecule has 0 aliphatic heterocycles. The summed E-state index contributed by atoms with van der Waals surface area (Å²) in [5, 5.41) is 1.30. The van der Waals surface area contributed by atoms with Gasteiger partial charge in [0.1, 0.15) is 5.75 Å². The highest BCUT2D eigenvalue weighted by Crippen LogP contribution is 2.27. The number of fused-ring (bicyclic) bond motifs is 1. The Kier molecular flexibility index (Phi) is 11.1. The van der Waals surface area contributed by atoms with E-state index in [4.69, 9.17) is 4.74 Å². The van der Waals surface area contributed by atoms with E-state index < -0.39 is 0 Å². The summed E-state index contributed by atoms with van der Waals surface area (Å²) < 4.78 is 6.10. The van der Waals surface area contributed by atoms with Gasteiger partial charge in [0.05, 0.1) is 12.1 Å². The van der Waals surface area contributed by atoms with Crippen LogP contribution in [0, 0.1) is 0 Å². The van der Waals surface area contributed by atoms with Gasteiger partial charge in [-0.1, -0.05) is 83.3 Å². The molecule has 0 radical (unpaired) electrons. The maximum Gasteiger partial charge on any atom is 0.143 e. The van der Waals surface area contributed by atoms with Crippen molar-refractivity contribution in [1.82, 2.24) is 9.88 Å². The molecule has 1 aromatic heterocycles. The van der Waals surface area contributed by atoms with Crippen LogP contribution in [0.5, 0.6) is 5.75 Å². The Morgan fingerprint density at radius 1 is 0.857 bits per heavy atom. The van der Waals surface area contributed by atoms with Crippen LogP contribution in [-0.2, 0) is 6.42 Å². The highest BCUT2D eigenvalue weighted by Gasteiger charge is 2.08. The topological polar surface area (TPSA) is 28.3 Å². The van der Waals surface area contributed by atoms with Gasteiger partial charge in [-0.25, -0.2) is 0 Å². The Morgan fingerprint density at radius 3 is 2.14 bits per heavy atom. The molecule has 28 heavy (non-hydrogen) atoms. The molecule has 0 saturated heterocycles. The molecule has 3 heteroatoms. The van der Waals surface area contributed by atoms with Gasteiger partial charge in [0, 0.05) is 18.1 Å². The Bertz CT molecular complexity index is 647. The number of hydrogen-bond donors (Lipinski definition) is 1. The number of nitrogens with one attached hydrogen (secondary N) is 1. The van der Waals surface area contributed by atoms with E-state index in [1.54, 1.807) is 0 Å². The third kappa shape index (κ3) is 8.26. The molecule has 0 unspecified atom stereocenters. The number of unbranched alkanes of at least 4 members (excludes halogenated alkanes) is 10. The largest absolute Gasteiger partial charge is 0.491 e. The standard InChI is InChI=1S/C25H42N2O/c1-4-5-6-7-8-9-10-11-12-13-14-20-28-24-17-15-16-23-22(18-19-27(2)3)21-26-25(23)24/h15-17,21,26H,4-14,18-20H2,1-3H3. The minimum Gasteiger partial charge on any atom is -0.491 e. The molecule has 0 saturated carbocycles. The molecule has 158 valence electrons. The molecule has 0 aliphatic rings. The Hall–Kier alpha value is -1.48. The third-order valence-corrected chi connectivity index (χ3v) is 5.60. The SMILES string of the molecule is CCCCCCCCCCCCCOc1cccc2c(CCN(C)C)c[nH]c12. The van der Waals surface area contributed by atoms with Gasteiger partial charge in [0.2, 0.25) is 0 Å². The molecule has 0 spiro atoms. The molecule has 0 bridgehead atoms. The number of aromatic amines is 1. The molecule has 0 aliphatic carbocycles. The zero-order valence-electron chi connectivity index (χ0n) is 18.6. The summed E-state index contributed by atoms with van der Waals surface area (Å²) in [5.74, 6) is 1.00. The summed E-state index contributed by atoms with van der Waals surface area (Å²) in [6.07, 6.45) is 18.3. The number of aromatic nitrogens is 1. The number of likely N-dealkylation sites (N-methyl/N-ethyl adjacent to an activating group) is 1. The van der Waals surface area contributed by atoms with Gasteiger partial charge in [-0.15, -0.1) is 0 Å². The van der Waals surface area contributed by atoms with E-state index in [0.29, 0.717) is 0 Å². The smallest absolute Gasteiger partial charge is 0.143 e. The maximum absolute atomic E-state index is 6.10. The van der Waals surface area contributed by atoms with E-state index in [1.807, 2.05) is 0 Å². The summed E-state index contributed by atoms with van der Waals surface area (Å²) in [6, 6.07) is 6.41. The zero-order chi connectivity index (χ0) is 20.0. The fourth-order valence-electron chi connectivity index (χ4n) is 3.80. The average molecular weight is 387 g/mol. The maximum atomic E-state index is 6.10. The lowest BCUT2D eigenvalue weighted by molar-refractivity contribution is 0.307. The fraction of sp³-hybridized carbons (Fsp3) is 0.680. The van der Waals surface area contributed by atoms with Gasteiger partial charge in [0.15, 0.2) is 0 Å². The summed E-state index contributed by atoms with van der Waals surface area (Å²) >= 11 is 0. The highest BCUT2D eigenvalue weighted by molar-refractivity contribution is 5.88. The Balaban J connectivity index is 1.60. The predicted octanol–water partition coefficient (Wildman–Crippen LogP) is 6.96. The van der Waals surface area contributed by atoms with Gasteiger partial charge in [-0.3, -0.25) is 0 Å². The number of para-hydroxylation sites is 1. The van der Waals surface area contributed by atoms with Crippen LogP contribution in [0.4, 0.5) is 0 Å². The van der Waals surface area contributed by atoms with Crippen molar-refractivity contribution in [3.05, 3.63) is 30.0 Å². The molecule has 1 N–H and O–H groups in total. The van der Waals surface area contributed by atoms with Gasteiger partial charge < -0.3 is 14.6 Å². The molecule has 1 heterocycles. The average Bonchev–Trinajstić information content (AvgIpc) is 3.11. The molecule has 0 amide bonds. The number of hydrogen-bond acceptors (Lipinski definition) is 2. The van der Waals surface area contributed by atoms with Gasteiger partial charge >= 0.3 is 0 Å². The van der Waals surface area contributed by atoms with Crippen LogP contribution in [0.25, 0.3) is 10.9 Å². The summed E-state index contributed by atoms with van der Waals surface area (Å²) in [6.45, 7) is 4.17. The molecule has 2 aromatic rings. The number of benzene rings is 1. The van der Waals surface area contributed by atoms with Crippen LogP contribution in [0.2, 0.25) is 0 Å². The second-order valence-corrected chi connectivity index (χ2v) is 8.43. The van der Waals surface area contributed by atoms with E-state index in [9.17, 15) is 0 Å². The van der Waals surface area contributed by atoms with Crippen molar-refractivity contribution >= 4 is 10.9 Å². The van der Waals surface area contributed by atoms with Crippen molar-refractivity contribution in [3.63, 3.8) is 0 Å². The second kappa shape index (κ2) is 13.7. The van der Waals surface area contributed by atoms with E-state index in [1.165, 1.54) is 75.2 Å². The predicted molar refractivity (Wildman–Crippen MR) is 123 cm³/mol. The van der Waals surface area contributed by atoms with E-state index >= 15 is 0 Å². The first-order chi connectivity index (χ1) is 13.7. The normalized spacial score (nSPS) is 11.6. The van der Waals surface area contributed by atoms with Crippen molar-refractivity contribution < 1.29 is 4.74 Å². The van der Waals surface area contributed by atoms with E-state index in [2.05, 4.69) is 55.3 Å². The van der Waals surface area contributed by atoms with Gasteiger partial charge in [-0.2, -0.15) is 0 Å². The van der Waals surface area contributed by atoms with E-state index in [0.717, 1.165) is 37.3 Å². The quantitative estimate of drug-likeness (QED) is 0.316. The first kappa shape index (κ1) is 22.8. The second-order valence-electron chi connectivity index (χ2n) is 8.43. The molecule has 2 rings (SSSR count). The van der Waals surface area contributed by atoms with Crippen molar-refractivity contribution in [3.8, 4) is 5.75 Å². The molecular formula is C25H42N2O. The number of ether oxygens (including phenoxy) is 1. The minimum absolute atomic E-state index is 0.822. The molecule has 0 atom stereocenters. The minimum atomic E-state index is 0.822. The van der Waals surface area contributed by atoms with Crippen LogP contribution in [-0.4, -0.2) is 37.1 Å². The third-order valence-electron chi connectivity index (χ3n) is 5.60. The van der Waals surface area contributed by atoms with Crippen LogP contribution >= 0.6 is 0 Å². The van der Waals surface area contributed by atoms with Crippen molar-refractivity contribution in [2.45, 2.75) is 84.0 Å². The van der Waals surface area contributed by atoms with Crippen LogP contribution in [0.15, 0.2) is 24.4 Å². The number of H-pyrrole nitrogens is 1. The zero-order valence-corrected chi connectivity index (χ0v) is 18.6. The van der Waals surface area contributed by atoms with Gasteiger partial charge in [-0.05, 0) is 38.6 Å². The Morgan fingerprint density at radius 2 is 1.50 bits per heavy atom. The van der Waals surface area contributed by atoms with Gasteiger partial charge in [0.25, 0.3) is 0 Å². The molecule has 0 fully saturated rings. The lowest BCUT2D eigenvalue weighted by Gasteiger charge is -2.09. The fourth-order valence-corrected chi connectivity index (χ4v) is 3.80. The monoisotopic (exact) mass is 386 g/mol. The van der Waals surface area contributed by atoms with E-state index in [-0.39, 0.29) is 0 Å². The summed E-state index contributed by atoms with van der Waals surface area (Å²) in [5.41, 5.74) is 2.53. The highest BCUT2D eigenvalue weighted by atomic mass is 16.5. The first-order valence-corrected chi connectivity index (χ1v) is 11.6. The van der Waals surface area contributed by atoms with Crippen molar-refractivity contribution in [1.29, 1.82) is 0 Å².